The van der Waals surface area contributed by atoms with Crippen LogP contribution in [0.2, 0.25) is 0 Å². The molecule has 2 fully saturated rings. The predicted molar refractivity (Wildman–Crippen MR) is 65.3 cm³/mol. The summed E-state index contributed by atoms with van der Waals surface area (Å²) in [7, 11) is 0. The Labute approximate surface area is 98.6 Å². The van der Waals surface area contributed by atoms with Crippen molar-refractivity contribution in [2.75, 3.05) is 6.54 Å². The first kappa shape index (κ1) is 11.9. The molecule has 2 rings (SSSR count). The van der Waals surface area contributed by atoms with Crippen molar-refractivity contribution in [3.63, 3.8) is 0 Å². The van der Waals surface area contributed by atoms with Crippen molar-refractivity contribution in [2.45, 2.75) is 70.5 Å². The molecule has 1 N–H and O–H groups in total. The lowest BCUT2D eigenvalue weighted by atomic mass is 10.1. The van der Waals surface area contributed by atoms with E-state index in [-0.39, 0.29) is 0 Å². The van der Waals surface area contributed by atoms with Crippen LogP contribution in [-0.4, -0.2) is 35.5 Å². The monoisotopic (exact) mass is 224 g/mol. The molecular formula is C13H24N2O. The quantitative estimate of drug-likeness (QED) is 0.774. The Morgan fingerprint density at radius 2 is 2.06 bits per heavy atom. The highest BCUT2D eigenvalue weighted by Gasteiger charge is 2.32. The van der Waals surface area contributed by atoms with Crippen LogP contribution in [0.5, 0.6) is 0 Å². The third kappa shape index (κ3) is 2.76. The fourth-order valence-electron chi connectivity index (χ4n) is 2.72. The molecule has 1 aliphatic carbocycles. The number of likely N-dealkylation sites (tertiary alicyclic amines) is 1. The first-order valence-corrected chi connectivity index (χ1v) is 6.77. The van der Waals surface area contributed by atoms with Crippen LogP contribution in [0, 0.1) is 0 Å². The van der Waals surface area contributed by atoms with Gasteiger partial charge in [-0.2, -0.15) is 0 Å². The van der Waals surface area contributed by atoms with Crippen molar-refractivity contribution in [1.29, 1.82) is 0 Å². The van der Waals surface area contributed by atoms with Gasteiger partial charge in [-0.3, -0.25) is 4.79 Å². The molecular weight excluding hydrogens is 200 g/mol. The average Bonchev–Trinajstić information content (AvgIpc) is 3.00. The predicted octanol–water partition coefficient (Wildman–Crippen LogP) is 1.92. The second kappa shape index (κ2) is 5.17. The molecule has 1 heterocycles. The van der Waals surface area contributed by atoms with E-state index in [9.17, 15) is 4.79 Å². The first-order valence-electron chi connectivity index (χ1n) is 6.77. The molecule has 0 bridgehead atoms. The lowest BCUT2D eigenvalue weighted by Gasteiger charge is -2.28. The number of carbonyl (C=O) groups is 1. The molecule has 0 spiro atoms. The van der Waals surface area contributed by atoms with Gasteiger partial charge in [0.2, 0.25) is 5.91 Å². The molecule has 0 aromatic rings. The SMILES string of the molecule is CCC1CCC(C)N1C(=O)CCNC1CC1. The van der Waals surface area contributed by atoms with Gasteiger partial charge < -0.3 is 10.2 Å². The van der Waals surface area contributed by atoms with Crippen LogP contribution in [0.4, 0.5) is 0 Å². The molecule has 2 atom stereocenters. The number of hydrogen-bond acceptors (Lipinski definition) is 2. The molecule has 0 aromatic heterocycles. The standard InChI is InChI=1S/C13H24N2O/c1-3-12-7-4-10(2)15(12)13(16)8-9-14-11-5-6-11/h10-12,14H,3-9H2,1-2H3. The molecule has 1 saturated carbocycles. The first-order chi connectivity index (χ1) is 7.72. The molecule has 2 unspecified atom stereocenters. The minimum Gasteiger partial charge on any atom is -0.337 e. The van der Waals surface area contributed by atoms with Gasteiger partial charge in [-0.25, -0.2) is 0 Å². The van der Waals surface area contributed by atoms with Gasteiger partial charge in [-0.1, -0.05) is 6.92 Å². The van der Waals surface area contributed by atoms with Crippen LogP contribution in [0.25, 0.3) is 0 Å². The van der Waals surface area contributed by atoms with Gasteiger partial charge in [0.15, 0.2) is 0 Å². The molecule has 3 heteroatoms. The summed E-state index contributed by atoms with van der Waals surface area (Å²) in [5.74, 6) is 0.352. The Balaban J connectivity index is 1.76. The Morgan fingerprint density at radius 3 is 2.69 bits per heavy atom. The van der Waals surface area contributed by atoms with Crippen molar-refractivity contribution in [1.82, 2.24) is 10.2 Å². The van der Waals surface area contributed by atoms with Gasteiger partial charge in [0.1, 0.15) is 0 Å². The third-order valence-corrected chi connectivity index (χ3v) is 3.89. The Bertz CT molecular complexity index is 250. The van der Waals surface area contributed by atoms with Crippen molar-refractivity contribution < 1.29 is 4.79 Å². The van der Waals surface area contributed by atoms with E-state index in [1.54, 1.807) is 0 Å². The van der Waals surface area contributed by atoms with E-state index in [0.29, 0.717) is 30.5 Å². The zero-order valence-corrected chi connectivity index (χ0v) is 10.5. The lowest BCUT2D eigenvalue weighted by molar-refractivity contribution is -0.133. The summed E-state index contributed by atoms with van der Waals surface area (Å²) in [6, 6.07) is 1.67. The van der Waals surface area contributed by atoms with Crippen molar-refractivity contribution in [2.24, 2.45) is 0 Å². The molecule has 1 amide bonds. The molecule has 2 aliphatic rings. The summed E-state index contributed by atoms with van der Waals surface area (Å²) < 4.78 is 0. The van der Waals surface area contributed by atoms with E-state index in [4.69, 9.17) is 0 Å². The topological polar surface area (TPSA) is 32.3 Å². The maximum Gasteiger partial charge on any atom is 0.224 e. The van der Waals surface area contributed by atoms with E-state index in [2.05, 4.69) is 24.1 Å². The van der Waals surface area contributed by atoms with Crippen LogP contribution in [0.3, 0.4) is 0 Å². The Kier molecular flexibility index (Phi) is 3.85. The van der Waals surface area contributed by atoms with Crippen LogP contribution in [-0.2, 0) is 4.79 Å². The molecule has 92 valence electrons. The minimum atomic E-state index is 0.352. The molecule has 0 aromatic carbocycles. The smallest absolute Gasteiger partial charge is 0.224 e. The number of nitrogens with zero attached hydrogens (tertiary/aromatic N) is 1. The molecule has 0 radical (unpaired) electrons. The van der Waals surface area contributed by atoms with E-state index >= 15 is 0 Å². The summed E-state index contributed by atoms with van der Waals surface area (Å²) in [6.07, 6.45) is 6.75. The number of rotatable bonds is 5. The highest BCUT2D eigenvalue weighted by Crippen LogP contribution is 2.26. The summed E-state index contributed by atoms with van der Waals surface area (Å²) in [5.41, 5.74) is 0. The summed E-state index contributed by atoms with van der Waals surface area (Å²) in [5, 5.41) is 3.41. The van der Waals surface area contributed by atoms with Crippen LogP contribution in [0.1, 0.15) is 52.4 Å². The highest BCUT2D eigenvalue weighted by molar-refractivity contribution is 5.77. The van der Waals surface area contributed by atoms with Crippen molar-refractivity contribution >= 4 is 5.91 Å². The van der Waals surface area contributed by atoms with E-state index in [0.717, 1.165) is 13.0 Å². The minimum absolute atomic E-state index is 0.352. The van der Waals surface area contributed by atoms with Crippen molar-refractivity contribution in [3.8, 4) is 0 Å². The maximum absolute atomic E-state index is 12.1. The lowest BCUT2D eigenvalue weighted by Crippen LogP contribution is -2.40. The number of carbonyl (C=O) groups excluding carboxylic acids is 1. The molecule has 1 saturated heterocycles. The zero-order valence-electron chi connectivity index (χ0n) is 10.5. The molecule has 3 nitrogen and oxygen atoms in total. The summed E-state index contributed by atoms with van der Waals surface area (Å²) in [6.45, 7) is 5.23. The Morgan fingerprint density at radius 1 is 1.31 bits per heavy atom. The molecule has 1 aliphatic heterocycles. The fourth-order valence-corrected chi connectivity index (χ4v) is 2.72. The molecule has 16 heavy (non-hydrogen) atoms. The normalized spacial score (nSPS) is 29.8. The Hall–Kier alpha value is -0.570. The second-order valence-electron chi connectivity index (χ2n) is 5.27. The maximum atomic E-state index is 12.1. The van der Waals surface area contributed by atoms with Gasteiger partial charge in [0.05, 0.1) is 0 Å². The van der Waals surface area contributed by atoms with E-state index in [1.807, 2.05) is 0 Å². The number of nitrogens with one attached hydrogen (secondary N) is 1. The number of amides is 1. The zero-order chi connectivity index (χ0) is 11.5. The van der Waals surface area contributed by atoms with Crippen molar-refractivity contribution in [3.05, 3.63) is 0 Å². The van der Waals surface area contributed by atoms with Gasteiger partial charge in [-0.05, 0) is 39.0 Å². The van der Waals surface area contributed by atoms with E-state index < -0.39 is 0 Å². The third-order valence-electron chi connectivity index (χ3n) is 3.89. The fraction of sp³-hybridized carbons (Fsp3) is 0.923. The summed E-state index contributed by atoms with van der Waals surface area (Å²) >= 11 is 0. The average molecular weight is 224 g/mol. The van der Waals surface area contributed by atoms with Gasteiger partial charge >= 0.3 is 0 Å². The number of hydrogen-bond donors (Lipinski definition) is 1. The van der Waals surface area contributed by atoms with Gasteiger partial charge in [0, 0.05) is 31.1 Å². The van der Waals surface area contributed by atoms with Crippen LogP contribution >= 0.6 is 0 Å². The van der Waals surface area contributed by atoms with Gasteiger partial charge in [0.25, 0.3) is 0 Å². The van der Waals surface area contributed by atoms with Gasteiger partial charge in [-0.15, -0.1) is 0 Å². The van der Waals surface area contributed by atoms with Crippen LogP contribution in [0.15, 0.2) is 0 Å². The largest absolute Gasteiger partial charge is 0.337 e. The second-order valence-corrected chi connectivity index (χ2v) is 5.27. The van der Waals surface area contributed by atoms with Crippen LogP contribution < -0.4 is 5.32 Å². The highest BCUT2D eigenvalue weighted by atomic mass is 16.2. The van der Waals surface area contributed by atoms with E-state index in [1.165, 1.54) is 25.7 Å². The summed E-state index contributed by atoms with van der Waals surface area (Å²) in [4.78, 5) is 14.2.